The van der Waals surface area contributed by atoms with Gasteiger partial charge in [0, 0.05) is 18.0 Å². The summed E-state index contributed by atoms with van der Waals surface area (Å²) in [7, 11) is 1.60. The summed E-state index contributed by atoms with van der Waals surface area (Å²) in [6.45, 7) is 0. The highest BCUT2D eigenvalue weighted by molar-refractivity contribution is 5.94. The summed E-state index contributed by atoms with van der Waals surface area (Å²) in [5, 5.41) is 2.95. The highest BCUT2D eigenvalue weighted by atomic mass is 35.5. The molecule has 0 fully saturated rings. The van der Waals surface area contributed by atoms with Crippen molar-refractivity contribution in [2.45, 2.75) is 19.3 Å². The molecule has 1 aromatic carbocycles. The van der Waals surface area contributed by atoms with Crippen LogP contribution in [0.25, 0.3) is 0 Å². The lowest BCUT2D eigenvalue weighted by Crippen LogP contribution is -2.28. The molecule has 0 saturated carbocycles. The molecule has 0 radical (unpaired) electrons. The van der Waals surface area contributed by atoms with E-state index in [4.69, 9.17) is 4.74 Å². The second-order valence-electron chi connectivity index (χ2n) is 4.96. The van der Waals surface area contributed by atoms with E-state index in [1.165, 1.54) is 0 Å². The van der Waals surface area contributed by atoms with Crippen molar-refractivity contribution in [2.75, 3.05) is 12.4 Å². The van der Waals surface area contributed by atoms with Crippen molar-refractivity contribution >= 4 is 24.0 Å². The molecule has 1 aromatic heterocycles. The van der Waals surface area contributed by atoms with Gasteiger partial charge in [0.05, 0.1) is 24.8 Å². The Morgan fingerprint density at radius 1 is 1.43 bits per heavy atom. The molecule has 0 unspecified atom stereocenters. The van der Waals surface area contributed by atoms with Gasteiger partial charge in [-0.05, 0) is 25.0 Å². The van der Waals surface area contributed by atoms with Gasteiger partial charge < -0.3 is 15.0 Å². The fraction of sp³-hybridized carbons (Fsp3) is 0.333. The molecule has 2 N–H and O–H groups in total. The summed E-state index contributed by atoms with van der Waals surface area (Å²) in [6.07, 6.45) is 4.11. The second kappa shape index (κ2) is 6.63. The summed E-state index contributed by atoms with van der Waals surface area (Å²) in [4.78, 5) is 19.8. The molecule has 112 valence electrons. The maximum Gasteiger partial charge on any atom is 0.227 e. The number of halogens is 1. The highest BCUT2D eigenvalue weighted by Gasteiger charge is 2.26. The fourth-order valence-corrected chi connectivity index (χ4v) is 2.60. The van der Waals surface area contributed by atoms with Gasteiger partial charge in [-0.15, -0.1) is 12.4 Å². The molecule has 0 spiro atoms. The number of carbonyl (C=O) groups is 1. The van der Waals surface area contributed by atoms with Crippen LogP contribution in [0.1, 0.15) is 17.8 Å². The lowest BCUT2D eigenvalue weighted by atomic mass is 9.89. The molecule has 0 saturated heterocycles. The zero-order valence-electron chi connectivity index (χ0n) is 11.8. The van der Waals surface area contributed by atoms with Crippen molar-refractivity contribution in [2.24, 2.45) is 5.92 Å². The van der Waals surface area contributed by atoms with Gasteiger partial charge >= 0.3 is 0 Å². The van der Waals surface area contributed by atoms with Gasteiger partial charge in [0.1, 0.15) is 5.75 Å². The first kappa shape index (κ1) is 15.4. The van der Waals surface area contributed by atoms with E-state index in [1.54, 1.807) is 13.4 Å². The number of nitrogens with zero attached hydrogens (tertiary/aromatic N) is 1. The summed E-state index contributed by atoms with van der Waals surface area (Å²) in [6, 6.07) is 7.44. The predicted octanol–water partition coefficient (Wildman–Crippen LogP) is 2.58. The molecule has 1 aliphatic carbocycles. The van der Waals surface area contributed by atoms with Crippen molar-refractivity contribution < 1.29 is 9.53 Å². The van der Waals surface area contributed by atoms with Crippen molar-refractivity contribution in [1.29, 1.82) is 0 Å². The maximum absolute atomic E-state index is 12.4. The number of aromatic nitrogens is 2. The van der Waals surface area contributed by atoms with Crippen LogP contribution in [0.2, 0.25) is 0 Å². The number of ether oxygens (including phenoxy) is 1. The minimum Gasteiger partial charge on any atom is -0.495 e. The first-order valence-corrected chi connectivity index (χ1v) is 6.73. The number of aromatic amines is 1. The third-order valence-electron chi connectivity index (χ3n) is 3.73. The van der Waals surface area contributed by atoms with Gasteiger partial charge in [-0.2, -0.15) is 0 Å². The van der Waals surface area contributed by atoms with Crippen LogP contribution < -0.4 is 10.1 Å². The molecule has 0 aliphatic heterocycles. The first-order chi connectivity index (χ1) is 9.78. The summed E-state index contributed by atoms with van der Waals surface area (Å²) < 4.78 is 5.25. The Balaban J connectivity index is 0.00000161. The van der Waals surface area contributed by atoms with Crippen LogP contribution in [0.15, 0.2) is 30.6 Å². The first-order valence-electron chi connectivity index (χ1n) is 6.73. The van der Waals surface area contributed by atoms with E-state index in [-0.39, 0.29) is 24.2 Å². The van der Waals surface area contributed by atoms with Crippen LogP contribution in [0, 0.1) is 5.92 Å². The van der Waals surface area contributed by atoms with Crippen LogP contribution in [-0.2, 0) is 17.6 Å². The number of para-hydroxylation sites is 2. The number of rotatable bonds is 3. The number of methoxy groups -OCH3 is 1. The molecule has 6 heteroatoms. The number of fused-ring (bicyclic) bond motifs is 1. The Bertz CT molecular complexity index is 627. The third kappa shape index (κ3) is 3.19. The Kier molecular flexibility index (Phi) is 4.85. The molecule has 1 aliphatic rings. The molecule has 21 heavy (non-hydrogen) atoms. The molecule has 1 heterocycles. The number of hydrogen-bond donors (Lipinski definition) is 2. The van der Waals surface area contributed by atoms with E-state index in [0.717, 1.165) is 24.2 Å². The van der Waals surface area contributed by atoms with Crippen molar-refractivity contribution in [3.05, 3.63) is 42.0 Å². The summed E-state index contributed by atoms with van der Waals surface area (Å²) >= 11 is 0. The number of hydrogen-bond acceptors (Lipinski definition) is 3. The smallest absolute Gasteiger partial charge is 0.227 e. The maximum atomic E-state index is 12.4. The third-order valence-corrected chi connectivity index (χ3v) is 3.73. The van der Waals surface area contributed by atoms with E-state index in [9.17, 15) is 4.79 Å². The summed E-state index contributed by atoms with van der Waals surface area (Å²) in [5.41, 5.74) is 2.88. The molecular formula is C15H18ClN3O2. The minimum absolute atomic E-state index is 0. The SMILES string of the molecule is COc1ccccc1NC(=O)[C@@H]1CCc2[nH]cnc2C1.Cl. The molecule has 0 bridgehead atoms. The van der Waals surface area contributed by atoms with Crippen LogP contribution in [0.4, 0.5) is 5.69 Å². The van der Waals surface area contributed by atoms with E-state index >= 15 is 0 Å². The van der Waals surface area contributed by atoms with Crippen LogP contribution in [0.5, 0.6) is 5.75 Å². The van der Waals surface area contributed by atoms with Crippen molar-refractivity contribution in [1.82, 2.24) is 9.97 Å². The lowest BCUT2D eigenvalue weighted by Gasteiger charge is -2.21. The average Bonchev–Trinajstić information content (AvgIpc) is 2.95. The minimum atomic E-state index is -0.0317. The predicted molar refractivity (Wildman–Crippen MR) is 83.0 cm³/mol. The zero-order chi connectivity index (χ0) is 13.9. The number of H-pyrrole nitrogens is 1. The van der Waals surface area contributed by atoms with E-state index < -0.39 is 0 Å². The lowest BCUT2D eigenvalue weighted by molar-refractivity contribution is -0.120. The number of nitrogens with one attached hydrogen (secondary N) is 2. The van der Waals surface area contributed by atoms with Crippen molar-refractivity contribution in [3.63, 3.8) is 0 Å². The number of benzene rings is 1. The van der Waals surface area contributed by atoms with Crippen LogP contribution in [-0.4, -0.2) is 23.0 Å². The van der Waals surface area contributed by atoms with Crippen LogP contribution in [0.3, 0.4) is 0 Å². The van der Waals surface area contributed by atoms with E-state index in [2.05, 4.69) is 15.3 Å². The standard InChI is InChI=1S/C15H17N3O2.ClH/c1-20-14-5-3-2-4-12(14)18-15(19)10-6-7-11-13(8-10)17-9-16-11;/h2-5,9-10H,6-8H2,1H3,(H,16,17)(H,18,19);1H/t10-;/m1./s1. The van der Waals surface area contributed by atoms with Gasteiger partial charge in [-0.3, -0.25) is 4.79 Å². The zero-order valence-corrected chi connectivity index (χ0v) is 12.6. The van der Waals surface area contributed by atoms with E-state index in [1.807, 2.05) is 24.3 Å². The number of amides is 1. The Hall–Kier alpha value is -2.01. The monoisotopic (exact) mass is 307 g/mol. The van der Waals surface area contributed by atoms with Crippen LogP contribution >= 0.6 is 12.4 Å². The van der Waals surface area contributed by atoms with Crippen molar-refractivity contribution in [3.8, 4) is 5.75 Å². The summed E-state index contributed by atoms with van der Waals surface area (Å²) in [5.74, 6) is 0.677. The molecule has 1 atom stereocenters. The van der Waals surface area contributed by atoms with Gasteiger partial charge in [-0.25, -0.2) is 4.98 Å². The fourth-order valence-electron chi connectivity index (χ4n) is 2.60. The number of imidazole rings is 1. The second-order valence-corrected chi connectivity index (χ2v) is 4.96. The van der Waals surface area contributed by atoms with Gasteiger partial charge in [0.25, 0.3) is 0 Å². The number of carbonyl (C=O) groups excluding carboxylic acids is 1. The molecule has 1 amide bonds. The van der Waals surface area contributed by atoms with Gasteiger partial charge in [0.2, 0.25) is 5.91 Å². The average molecular weight is 308 g/mol. The topological polar surface area (TPSA) is 67.0 Å². The Morgan fingerprint density at radius 3 is 3.05 bits per heavy atom. The Morgan fingerprint density at radius 2 is 2.24 bits per heavy atom. The molecular weight excluding hydrogens is 290 g/mol. The normalized spacial score (nSPS) is 16.5. The Labute approximate surface area is 129 Å². The van der Waals surface area contributed by atoms with Gasteiger partial charge in [0.15, 0.2) is 0 Å². The quantitative estimate of drug-likeness (QED) is 0.916. The highest BCUT2D eigenvalue weighted by Crippen LogP contribution is 2.27. The molecule has 5 nitrogen and oxygen atoms in total. The molecule has 3 rings (SSSR count). The molecule has 2 aromatic rings. The number of anilines is 1. The van der Waals surface area contributed by atoms with Gasteiger partial charge in [-0.1, -0.05) is 12.1 Å². The largest absolute Gasteiger partial charge is 0.495 e. The van der Waals surface area contributed by atoms with E-state index in [0.29, 0.717) is 17.9 Å². The number of aryl methyl sites for hydroxylation is 1.